The van der Waals surface area contributed by atoms with Crippen molar-refractivity contribution in [2.24, 2.45) is 0 Å². The lowest BCUT2D eigenvalue weighted by Crippen LogP contribution is -2.47. The standard InChI is InChI=1S/C8H14F3NO/c1-13-6-7(3-2-4-12-7)5-8(9,10)11/h12H,2-6H2,1H3. The zero-order valence-electron chi connectivity index (χ0n) is 7.58. The molecule has 78 valence electrons. The zero-order chi connectivity index (χ0) is 9.95. The molecule has 0 radical (unpaired) electrons. The van der Waals surface area contributed by atoms with E-state index in [4.69, 9.17) is 4.74 Å². The fourth-order valence-corrected chi connectivity index (χ4v) is 1.85. The van der Waals surface area contributed by atoms with Gasteiger partial charge in [-0.1, -0.05) is 0 Å². The van der Waals surface area contributed by atoms with E-state index >= 15 is 0 Å². The molecule has 1 fully saturated rings. The fraction of sp³-hybridized carbons (Fsp3) is 1.00. The summed E-state index contributed by atoms with van der Waals surface area (Å²) in [7, 11) is 1.43. The van der Waals surface area contributed by atoms with Gasteiger partial charge in [-0.25, -0.2) is 0 Å². The first kappa shape index (κ1) is 10.8. The molecule has 1 unspecified atom stereocenters. The number of methoxy groups -OCH3 is 1. The monoisotopic (exact) mass is 197 g/mol. The minimum absolute atomic E-state index is 0.131. The molecular weight excluding hydrogens is 183 g/mol. The molecule has 13 heavy (non-hydrogen) atoms. The minimum Gasteiger partial charge on any atom is -0.383 e. The Balaban J connectivity index is 2.56. The third kappa shape index (κ3) is 3.15. The molecule has 1 aliphatic heterocycles. The Morgan fingerprint density at radius 2 is 2.15 bits per heavy atom. The summed E-state index contributed by atoms with van der Waals surface area (Å²) in [5.41, 5.74) is -0.868. The number of halogens is 3. The quantitative estimate of drug-likeness (QED) is 0.743. The highest BCUT2D eigenvalue weighted by molar-refractivity contribution is 4.94. The first-order chi connectivity index (χ1) is 5.97. The van der Waals surface area contributed by atoms with Gasteiger partial charge in [0.1, 0.15) is 0 Å². The number of rotatable bonds is 3. The van der Waals surface area contributed by atoms with Crippen molar-refractivity contribution in [2.45, 2.75) is 31.0 Å². The second kappa shape index (κ2) is 3.84. The van der Waals surface area contributed by atoms with Crippen LogP contribution in [-0.2, 0) is 4.74 Å². The number of ether oxygens (including phenoxy) is 1. The van der Waals surface area contributed by atoms with E-state index < -0.39 is 18.1 Å². The second-order valence-corrected chi connectivity index (χ2v) is 3.54. The van der Waals surface area contributed by atoms with Crippen LogP contribution in [0.4, 0.5) is 13.2 Å². The molecule has 1 rings (SSSR count). The van der Waals surface area contributed by atoms with Gasteiger partial charge in [0.25, 0.3) is 0 Å². The first-order valence-electron chi connectivity index (χ1n) is 4.28. The zero-order valence-corrected chi connectivity index (χ0v) is 7.58. The number of alkyl halides is 3. The van der Waals surface area contributed by atoms with E-state index in [0.29, 0.717) is 13.0 Å². The second-order valence-electron chi connectivity index (χ2n) is 3.54. The Kier molecular flexibility index (Phi) is 3.18. The third-order valence-electron chi connectivity index (χ3n) is 2.29. The molecule has 2 nitrogen and oxygen atoms in total. The van der Waals surface area contributed by atoms with Crippen molar-refractivity contribution in [3.8, 4) is 0 Å². The van der Waals surface area contributed by atoms with E-state index in [1.165, 1.54) is 7.11 Å². The molecule has 1 saturated heterocycles. The number of nitrogens with one attached hydrogen (secondary N) is 1. The molecule has 0 aromatic rings. The maximum absolute atomic E-state index is 12.2. The van der Waals surface area contributed by atoms with Crippen LogP contribution in [0.25, 0.3) is 0 Å². The minimum atomic E-state index is -4.12. The Morgan fingerprint density at radius 3 is 2.54 bits per heavy atom. The summed E-state index contributed by atoms with van der Waals surface area (Å²) in [6.45, 7) is 0.784. The lowest BCUT2D eigenvalue weighted by atomic mass is 9.94. The highest BCUT2D eigenvalue weighted by atomic mass is 19.4. The van der Waals surface area contributed by atoms with Crippen LogP contribution in [0.5, 0.6) is 0 Å². The molecule has 0 spiro atoms. The molecule has 0 aromatic heterocycles. The highest BCUT2D eigenvalue weighted by Gasteiger charge is 2.43. The molecule has 0 saturated carbocycles. The SMILES string of the molecule is COCC1(CC(F)(F)F)CCCN1. The summed E-state index contributed by atoms with van der Waals surface area (Å²) in [6.07, 6.45) is -3.58. The van der Waals surface area contributed by atoms with Gasteiger partial charge < -0.3 is 10.1 Å². The molecule has 1 aliphatic rings. The molecule has 0 aliphatic carbocycles. The summed E-state index contributed by atoms with van der Waals surface area (Å²) < 4.78 is 41.4. The molecular formula is C8H14F3NO. The van der Waals surface area contributed by atoms with E-state index in [2.05, 4.69) is 5.32 Å². The van der Waals surface area contributed by atoms with Crippen LogP contribution >= 0.6 is 0 Å². The van der Waals surface area contributed by atoms with Gasteiger partial charge in [0.2, 0.25) is 0 Å². The van der Waals surface area contributed by atoms with E-state index in [1.54, 1.807) is 0 Å². The first-order valence-corrected chi connectivity index (χ1v) is 4.28. The third-order valence-corrected chi connectivity index (χ3v) is 2.29. The van der Waals surface area contributed by atoms with Gasteiger partial charge in [0.15, 0.2) is 0 Å². The molecule has 0 amide bonds. The normalized spacial score (nSPS) is 29.5. The topological polar surface area (TPSA) is 21.3 Å². The Labute approximate surface area is 75.4 Å². The van der Waals surface area contributed by atoms with Crippen molar-refractivity contribution in [2.75, 3.05) is 20.3 Å². The van der Waals surface area contributed by atoms with Gasteiger partial charge in [0.05, 0.1) is 18.6 Å². The predicted molar refractivity (Wildman–Crippen MR) is 42.5 cm³/mol. The lowest BCUT2D eigenvalue weighted by molar-refractivity contribution is -0.153. The molecule has 5 heteroatoms. The molecule has 1 atom stereocenters. The van der Waals surface area contributed by atoms with E-state index in [1.807, 2.05) is 0 Å². The smallest absolute Gasteiger partial charge is 0.383 e. The van der Waals surface area contributed by atoms with Crippen LogP contribution in [-0.4, -0.2) is 32.0 Å². The number of hydrogen-bond donors (Lipinski definition) is 1. The van der Waals surface area contributed by atoms with Gasteiger partial charge in [0, 0.05) is 7.11 Å². The van der Waals surface area contributed by atoms with Crippen molar-refractivity contribution < 1.29 is 17.9 Å². The summed E-state index contributed by atoms with van der Waals surface area (Å²) in [6, 6.07) is 0. The van der Waals surface area contributed by atoms with E-state index in [0.717, 1.165) is 6.42 Å². The van der Waals surface area contributed by atoms with Gasteiger partial charge in [-0.3, -0.25) is 0 Å². The van der Waals surface area contributed by atoms with Crippen molar-refractivity contribution in [3.05, 3.63) is 0 Å². The summed E-state index contributed by atoms with van der Waals surface area (Å²) in [5.74, 6) is 0. The Morgan fingerprint density at radius 1 is 1.46 bits per heavy atom. The predicted octanol–water partition coefficient (Wildman–Crippen LogP) is 1.71. The van der Waals surface area contributed by atoms with Crippen LogP contribution < -0.4 is 5.32 Å². The largest absolute Gasteiger partial charge is 0.390 e. The van der Waals surface area contributed by atoms with Crippen LogP contribution in [0.3, 0.4) is 0 Å². The summed E-state index contributed by atoms with van der Waals surface area (Å²) in [5, 5.41) is 2.88. The van der Waals surface area contributed by atoms with Crippen molar-refractivity contribution >= 4 is 0 Å². The molecule has 1 heterocycles. The van der Waals surface area contributed by atoms with Crippen LogP contribution in [0.15, 0.2) is 0 Å². The van der Waals surface area contributed by atoms with Gasteiger partial charge in [-0.15, -0.1) is 0 Å². The van der Waals surface area contributed by atoms with E-state index in [9.17, 15) is 13.2 Å². The van der Waals surface area contributed by atoms with E-state index in [-0.39, 0.29) is 6.61 Å². The summed E-state index contributed by atoms with van der Waals surface area (Å²) in [4.78, 5) is 0. The Hall–Kier alpha value is -0.290. The van der Waals surface area contributed by atoms with Crippen molar-refractivity contribution in [3.63, 3.8) is 0 Å². The molecule has 1 N–H and O–H groups in total. The van der Waals surface area contributed by atoms with Crippen LogP contribution in [0.2, 0.25) is 0 Å². The number of hydrogen-bond acceptors (Lipinski definition) is 2. The van der Waals surface area contributed by atoms with Crippen LogP contribution in [0.1, 0.15) is 19.3 Å². The van der Waals surface area contributed by atoms with Crippen LogP contribution in [0, 0.1) is 0 Å². The average molecular weight is 197 g/mol. The van der Waals surface area contributed by atoms with Gasteiger partial charge in [-0.05, 0) is 19.4 Å². The summed E-state index contributed by atoms with van der Waals surface area (Å²) >= 11 is 0. The van der Waals surface area contributed by atoms with Gasteiger partial charge >= 0.3 is 6.18 Å². The van der Waals surface area contributed by atoms with Crippen molar-refractivity contribution in [1.29, 1.82) is 0 Å². The highest BCUT2D eigenvalue weighted by Crippen LogP contribution is 2.33. The molecule has 0 bridgehead atoms. The average Bonchev–Trinajstić information content (AvgIpc) is 2.33. The Bertz CT molecular complexity index is 163. The maximum atomic E-state index is 12.2. The lowest BCUT2D eigenvalue weighted by Gasteiger charge is -2.29. The van der Waals surface area contributed by atoms with Crippen molar-refractivity contribution in [1.82, 2.24) is 5.32 Å². The molecule has 0 aromatic carbocycles. The fourth-order valence-electron chi connectivity index (χ4n) is 1.85. The van der Waals surface area contributed by atoms with Gasteiger partial charge in [-0.2, -0.15) is 13.2 Å². The maximum Gasteiger partial charge on any atom is 0.390 e.